The molecular formula is C45H28N4O11S3. The summed E-state index contributed by atoms with van der Waals surface area (Å²) < 4.78 is 101. The Hall–Kier alpha value is -7.32. The van der Waals surface area contributed by atoms with Gasteiger partial charge in [0.2, 0.25) is 0 Å². The van der Waals surface area contributed by atoms with E-state index in [2.05, 4.69) is 0 Å². The van der Waals surface area contributed by atoms with Crippen molar-refractivity contribution < 1.29 is 48.8 Å². The van der Waals surface area contributed by atoms with Gasteiger partial charge in [0.05, 0.1) is 65.9 Å². The van der Waals surface area contributed by atoms with Crippen LogP contribution in [0.1, 0.15) is 32.6 Å². The largest absolute Gasteiger partial charge is 0.478 e. The first-order valence-corrected chi connectivity index (χ1v) is 22.9. The molecule has 8 bridgehead atoms. The van der Waals surface area contributed by atoms with Crippen molar-refractivity contribution >= 4 is 81.5 Å². The lowest BCUT2D eigenvalue weighted by Gasteiger charge is -2.13. The van der Waals surface area contributed by atoms with Crippen LogP contribution in [0.3, 0.4) is 0 Å². The van der Waals surface area contributed by atoms with Crippen LogP contribution in [0.4, 0.5) is 0 Å². The highest BCUT2D eigenvalue weighted by molar-refractivity contribution is 7.86. The predicted octanol–water partition coefficient (Wildman–Crippen LogP) is 7.13. The number of hydrogen-bond donors (Lipinski definition) is 4. The smallest absolute Gasteiger partial charge is 0.335 e. The Morgan fingerprint density at radius 1 is 0.349 bits per heavy atom. The summed E-state index contributed by atoms with van der Waals surface area (Å²) >= 11 is 0. The number of nitrogens with zero attached hydrogens (tertiary/aromatic N) is 4. The normalized spacial score (nSPS) is 17.2. The van der Waals surface area contributed by atoms with Gasteiger partial charge in [-0.15, -0.1) is 0 Å². The molecule has 0 radical (unpaired) electrons. The summed E-state index contributed by atoms with van der Waals surface area (Å²) in [4.78, 5) is 31.0. The Bertz CT molecular complexity index is 3400. The van der Waals surface area contributed by atoms with E-state index in [9.17, 15) is 48.8 Å². The van der Waals surface area contributed by atoms with E-state index < -0.39 is 36.3 Å². The molecule has 5 aliphatic rings. The lowest BCUT2D eigenvalue weighted by molar-refractivity contribution is 0.0696. The SMILES string of the molecule is O=C(O)c1ccc(C2=C3C=CC(=N3)C(c3ccc(S(=O)(=O)O)cc3)=C3C=CC(=N3)C(c3ccc(S(=O)(=O)O)cc3)=C3C=CC(=N3)C(c3ccc(S(=O)(=O)O)cc3)=C3C=CC2=N3)cc1. The van der Waals surface area contributed by atoms with Crippen molar-refractivity contribution in [2.45, 2.75) is 14.7 Å². The van der Waals surface area contributed by atoms with Gasteiger partial charge in [-0.3, -0.25) is 13.7 Å². The standard InChI is InChI=1S/C45H28N4O11S3/c50-45(51)29-3-1-25(2-4-29)41-33-17-19-35(46-33)42(26-5-11-30(12-6-26)61(52,53)54)37-21-23-39(48-37)44(28-9-15-32(16-10-28)63(58,59)60)40-24-22-38(49-40)43(36-20-18-34(41)47-36)27-7-13-31(14-8-27)62(55,56)57/h1-24H,(H,50,51)(H,52,53,54)(H,55,56,57)(H,58,59,60). The maximum atomic E-state index is 12.0. The zero-order valence-corrected chi connectivity index (χ0v) is 34.5. The van der Waals surface area contributed by atoms with Gasteiger partial charge >= 0.3 is 5.97 Å². The molecule has 15 nitrogen and oxygen atoms in total. The fraction of sp³-hybridized carbons (Fsp3) is 0. The highest BCUT2D eigenvalue weighted by Crippen LogP contribution is 2.39. The third-order valence-corrected chi connectivity index (χ3v) is 13.0. The van der Waals surface area contributed by atoms with Crippen LogP contribution in [0, 0.1) is 0 Å². The molecule has 9 rings (SSSR count). The number of carboxylic acid groups (broad SMARTS) is 1. The minimum atomic E-state index is -4.54. The van der Waals surface area contributed by atoms with Crippen molar-refractivity contribution in [3.63, 3.8) is 0 Å². The van der Waals surface area contributed by atoms with Crippen LogP contribution in [0.15, 0.2) is 203 Å². The van der Waals surface area contributed by atoms with Crippen molar-refractivity contribution in [1.82, 2.24) is 0 Å². The number of allylic oxidation sites excluding steroid dienone is 12. The third kappa shape index (κ3) is 7.89. The van der Waals surface area contributed by atoms with Gasteiger partial charge in [0.25, 0.3) is 30.4 Å². The average molecular weight is 897 g/mol. The van der Waals surface area contributed by atoms with Gasteiger partial charge in [0, 0.05) is 22.3 Å². The van der Waals surface area contributed by atoms with E-state index >= 15 is 0 Å². The van der Waals surface area contributed by atoms with E-state index in [4.69, 9.17) is 20.0 Å². The zero-order chi connectivity index (χ0) is 44.4. The Kier molecular flexibility index (Phi) is 9.93. The van der Waals surface area contributed by atoms with Crippen LogP contribution in [0.5, 0.6) is 0 Å². The quantitative estimate of drug-likeness (QED) is 0.130. The average Bonchev–Trinajstić information content (AvgIpc) is 4.09. The summed E-state index contributed by atoms with van der Waals surface area (Å²) in [6, 6.07) is 22.6. The molecule has 0 unspecified atom stereocenters. The molecule has 0 fully saturated rings. The molecule has 0 spiro atoms. The molecule has 0 atom stereocenters. The molecule has 18 heteroatoms. The molecule has 0 saturated carbocycles. The highest BCUT2D eigenvalue weighted by Gasteiger charge is 2.28. The second-order valence-corrected chi connectivity index (χ2v) is 18.5. The molecule has 0 amide bonds. The first kappa shape index (κ1) is 41.1. The summed E-state index contributed by atoms with van der Waals surface area (Å²) in [6.45, 7) is 0. The van der Waals surface area contributed by atoms with Gasteiger partial charge in [0.1, 0.15) is 0 Å². The van der Waals surface area contributed by atoms with E-state index in [1.165, 1.54) is 84.9 Å². The van der Waals surface area contributed by atoms with Crippen molar-refractivity contribution in [1.29, 1.82) is 0 Å². The Labute approximate surface area is 359 Å². The van der Waals surface area contributed by atoms with Crippen molar-refractivity contribution in [2.75, 3.05) is 0 Å². The van der Waals surface area contributed by atoms with E-state index in [0.29, 0.717) is 90.2 Å². The summed E-state index contributed by atoms with van der Waals surface area (Å²) in [5.74, 6) is -1.12. The maximum absolute atomic E-state index is 12.0. The molecule has 0 aromatic heterocycles. The molecule has 4 aromatic rings. The molecule has 4 aromatic carbocycles. The maximum Gasteiger partial charge on any atom is 0.335 e. The van der Waals surface area contributed by atoms with Gasteiger partial charge in [-0.2, -0.15) is 25.3 Å². The molecule has 0 saturated heterocycles. The summed E-state index contributed by atoms with van der Waals surface area (Å²) in [5.41, 5.74) is 7.04. The fourth-order valence-corrected chi connectivity index (χ4v) is 8.87. The number of benzene rings is 4. The fourth-order valence-electron chi connectivity index (χ4n) is 7.43. The summed E-state index contributed by atoms with van der Waals surface area (Å²) in [7, 11) is -13.6. The Morgan fingerprint density at radius 2 is 0.571 bits per heavy atom. The topological polar surface area (TPSA) is 250 Å². The van der Waals surface area contributed by atoms with Crippen LogP contribution in [0.2, 0.25) is 0 Å². The molecular weight excluding hydrogens is 869 g/mol. The molecule has 4 N–H and O–H groups in total. The molecule has 63 heavy (non-hydrogen) atoms. The molecule has 5 heterocycles. The van der Waals surface area contributed by atoms with Gasteiger partial charge in [-0.1, -0.05) is 48.5 Å². The van der Waals surface area contributed by atoms with Gasteiger partial charge < -0.3 is 5.11 Å². The molecule has 0 aliphatic carbocycles. The molecule has 5 aliphatic heterocycles. The van der Waals surface area contributed by atoms with Crippen LogP contribution in [0.25, 0.3) is 22.3 Å². The Balaban J connectivity index is 1.35. The number of aliphatic imine (C=N–C) groups is 4. The zero-order valence-electron chi connectivity index (χ0n) is 32.0. The van der Waals surface area contributed by atoms with E-state index in [1.807, 2.05) is 0 Å². The number of hydrogen-bond acceptors (Lipinski definition) is 11. The number of carbonyl (C=O) groups is 1. The second-order valence-electron chi connectivity index (χ2n) is 14.2. The predicted molar refractivity (Wildman–Crippen MR) is 236 cm³/mol. The van der Waals surface area contributed by atoms with Gasteiger partial charge in [0.15, 0.2) is 0 Å². The van der Waals surface area contributed by atoms with Crippen molar-refractivity contribution in [2.24, 2.45) is 20.0 Å². The first-order valence-electron chi connectivity index (χ1n) is 18.6. The van der Waals surface area contributed by atoms with Crippen LogP contribution in [-0.2, 0) is 30.4 Å². The van der Waals surface area contributed by atoms with Crippen LogP contribution in [-0.4, -0.2) is 72.8 Å². The van der Waals surface area contributed by atoms with Gasteiger partial charge in [-0.05, 0) is 119 Å². The number of carboxylic acids is 1. The monoisotopic (exact) mass is 896 g/mol. The lowest BCUT2D eigenvalue weighted by Crippen LogP contribution is -2.05. The van der Waals surface area contributed by atoms with Crippen molar-refractivity contribution in [3.8, 4) is 0 Å². The van der Waals surface area contributed by atoms with E-state index in [1.54, 1.807) is 60.7 Å². The van der Waals surface area contributed by atoms with Crippen LogP contribution < -0.4 is 0 Å². The highest BCUT2D eigenvalue weighted by atomic mass is 32.2. The third-order valence-electron chi connectivity index (χ3n) is 10.4. The van der Waals surface area contributed by atoms with Gasteiger partial charge in [-0.25, -0.2) is 24.8 Å². The minimum Gasteiger partial charge on any atom is -0.478 e. The van der Waals surface area contributed by atoms with E-state index in [0.717, 1.165) is 0 Å². The minimum absolute atomic E-state index is 0.0505. The second kappa shape index (κ2) is 15.2. The van der Waals surface area contributed by atoms with Crippen LogP contribution >= 0.6 is 0 Å². The number of fused-ring (bicyclic) bond motifs is 4. The van der Waals surface area contributed by atoms with E-state index in [-0.39, 0.29) is 20.2 Å². The lowest BCUT2D eigenvalue weighted by atomic mass is 9.97. The number of aromatic carboxylic acids is 1. The summed E-state index contributed by atoms with van der Waals surface area (Å²) in [5, 5.41) is 9.67. The first-order chi connectivity index (χ1) is 29.9. The number of rotatable bonds is 8. The Morgan fingerprint density at radius 3 is 0.778 bits per heavy atom. The molecule has 312 valence electrons. The van der Waals surface area contributed by atoms with Crippen molar-refractivity contribution in [3.05, 3.63) is 196 Å². The summed E-state index contributed by atoms with van der Waals surface area (Å²) in [6.07, 6.45) is 13.8.